The molecular weight excluding hydrogens is 286 g/mol. The highest BCUT2D eigenvalue weighted by atomic mass is 32.1. The van der Waals surface area contributed by atoms with Crippen LogP contribution in [0.2, 0.25) is 0 Å². The molecule has 122 valence electrons. The third-order valence-electron chi connectivity index (χ3n) is 2.94. The maximum atomic E-state index is 5.49. The lowest BCUT2D eigenvalue weighted by Gasteiger charge is -2.07. The lowest BCUT2D eigenvalue weighted by Crippen LogP contribution is -2.22. The number of ether oxygens (including phenoxy) is 3. The van der Waals surface area contributed by atoms with E-state index in [2.05, 4.69) is 29.8 Å². The zero-order chi connectivity index (χ0) is 15.0. The molecule has 1 aromatic heterocycles. The van der Waals surface area contributed by atoms with Crippen LogP contribution in [0.3, 0.4) is 0 Å². The molecule has 0 amide bonds. The van der Waals surface area contributed by atoms with Gasteiger partial charge in [-0.3, -0.25) is 0 Å². The summed E-state index contributed by atoms with van der Waals surface area (Å²) < 4.78 is 16.3. The standard InChI is InChI=1S/C16H29NO3S/c1-2-3-9-18-11-13-20-14-12-19-10-8-17-7-6-16-5-4-15-21-16/h4-5,15,17H,2-3,6-14H2,1H3. The van der Waals surface area contributed by atoms with Gasteiger partial charge in [0.1, 0.15) is 0 Å². The minimum absolute atomic E-state index is 0.645. The minimum Gasteiger partial charge on any atom is -0.379 e. The first-order valence-electron chi connectivity index (χ1n) is 7.89. The molecule has 1 heterocycles. The second-order valence-corrected chi connectivity index (χ2v) is 5.80. The second-order valence-electron chi connectivity index (χ2n) is 4.77. The van der Waals surface area contributed by atoms with Gasteiger partial charge in [0, 0.05) is 24.6 Å². The van der Waals surface area contributed by atoms with Gasteiger partial charge >= 0.3 is 0 Å². The Labute approximate surface area is 132 Å². The molecule has 0 radical (unpaired) electrons. The van der Waals surface area contributed by atoms with Crippen LogP contribution in [-0.2, 0) is 20.6 Å². The predicted molar refractivity (Wildman–Crippen MR) is 88.3 cm³/mol. The Kier molecular flexibility index (Phi) is 12.8. The first kappa shape index (κ1) is 18.6. The van der Waals surface area contributed by atoms with Crippen molar-refractivity contribution in [3.8, 4) is 0 Å². The molecule has 0 unspecified atom stereocenters. The number of thiophene rings is 1. The van der Waals surface area contributed by atoms with Crippen LogP contribution in [0.5, 0.6) is 0 Å². The van der Waals surface area contributed by atoms with Gasteiger partial charge in [-0.15, -0.1) is 11.3 Å². The molecule has 0 aromatic carbocycles. The summed E-state index contributed by atoms with van der Waals surface area (Å²) in [6.45, 7) is 8.29. The highest BCUT2D eigenvalue weighted by Crippen LogP contribution is 2.07. The van der Waals surface area contributed by atoms with Crippen LogP contribution < -0.4 is 5.32 Å². The fourth-order valence-electron chi connectivity index (χ4n) is 1.72. The molecule has 1 aromatic rings. The number of nitrogens with one attached hydrogen (secondary N) is 1. The van der Waals surface area contributed by atoms with Crippen molar-refractivity contribution >= 4 is 11.3 Å². The summed E-state index contributed by atoms with van der Waals surface area (Å²) in [6, 6.07) is 4.27. The molecule has 0 atom stereocenters. The van der Waals surface area contributed by atoms with Crippen molar-refractivity contribution in [2.24, 2.45) is 0 Å². The Morgan fingerprint density at radius 1 is 0.952 bits per heavy atom. The van der Waals surface area contributed by atoms with E-state index in [1.807, 2.05) is 11.3 Å². The van der Waals surface area contributed by atoms with Gasteiger partial charge in [0.05, 0.1) is 33.0 Å². The average molecular weight is 315 g/mol. The fraction of sp³-hybridized carbons (Fsp3) is 0.750. The topological polar surface area (TPSA) is 39.7 Å². The smallest absolute Gasteiger partial charge is 0.0701 e. The molecule has 5 heteroatoms. The Hall–Kier alpha value is -0.460. The largest absolute Gasteiger partial charge is 0.379 e. The number of rotatable bonds is 15. The van der Waals surface area contributed by atoms with Crippen molar-refractivity contribution in [3.05, 3.63) is 22.4 Å². The summed E-state index contributed by atoms with van der Waals surface area (Å²) >= 11 is 1.81. The molecule has 0 fully saturated rings. The van der Waals surface area contributed by atoms with Gasteiger partial charge in [0.25, 0.3) is 0 Å². The molecule has 0 bridgehead atoms. The number of unbranched alkanes of at least 4 members (excludes halogenated alkanes) is 1. The maximum Gasteiger partial charge on any atom is 0.0701 e. The summed E-state index contributed by atoms with van der Waals surface area (Å²) in [7, 11) is 0. The Morgan fingerprint density at radius 3 is 2.33 bits per heavy atom. The van der Waals surface area contributed by atoms with Gasteiger partial charge < -0.3 is 19.5 Å². The van der Waals surface area contributed by atoms with Crippen LogP contribution >= 0.6 is 11.3 Å². The van der Waals surface area contributed by atoms with Crippen LogP contribution in [0.1, 0.15) is 24.6 Å². The summed E-state index contributed by atoms with van der Waals surface area (Å²) in [4.78, 5) is 1.43. The molecule has 0 spiro atoms. The molecule has 0 aliphatic rings. The van der Waals surface area contributed by atoms with Crippen molar-refractivity contribution in [2.75, 3.05) is 52.7 Å². The third-order valence-corrected chi connectivity index (χ3v) is 3.87. The van der Waals surface area contributed by atoms with E-state index in [1.165, 1.54) is 11.3 Å². The van der Waals surface area contributed by atoms with Gasteiger partial charge in [-0.25, -0.2) is 0 Å². The molecule has 1 rings (SSSR count). The highest BCUT2D eigenvalue weighted by Gasteiger charge is 1.94. The van der Waals surface area contributed by atoms with E-state index in [1.54, 1.807) is 0 Å². The van der Waals surface area contributed by atoms with Gasteiger partial charge in [0.15, 0.2) is 0 Å². The molecule has 21 heavy (non-hydrogen) atoms. The second kappa shape index (κ2) is 14.5. The first-order chi connectivity index (χ1) is 10.4. The summed E-state index contributed by atoms with van der Waals surface area (Å²) in [6.07, 6.45) is 3.40. The Morgan fingerprint density at radius 2 is 1.67 bits per heavy atom. The number of hydrogen-bond acceptors (Lipinski definition) is 5. The predicted octanol–water partition coefficient (Wildman–Crippen LogP) is 2.73. The van der Waals surface area contributed by atoms with Crippen LogP contribution in [0, 0.1) is 0 Å². The zero-order valence-corrected chi connectivity index (χ0v) is 14.0. The average Bonchev–Trinajstić information content (AvgIpc) is 3.01. The normalized spacial score (nSPS) is 11.1. The van der Waals surface area contributed by atoms with E-state index in [9.17, 15) is 0 Å². The van der Waals surface area contributed by atoms with E-state index in [-0.39, 0.29) is 0 Å². The third kappa shape index (κ3) is 11.8. The molecule has 0 aliphatic heterocycles. The molecular formula is C16H29NO3S. The Balaban J connectivity index is 1.69. The van der Waals surface area contributed by atoms with E-state index >= 15 is 0 Å². The summed E-state index contributed by atoms with van der Waals surface area (Å²) in [5.74, 6) is 0. The van der Waals surface area contributed by atoms with E-state index < -0.39 is 0 Å². The van der Waals surface area contributed by atoms with Gasteiger partial charge in [-0.2, -0.15) is 0 Å². The molecule has 0 saturated heterocycles. The molecule has 4 nitrogen and oxygen atoms in total. The van der Waals surface area contributed by atoms with E-state index in [0.717, 1.165) is 39.1 Å². The van der Waals surface area contributed by atoms with Gasteiger partial charge in [-0.1, -0.05) is 19.4 Å². The lowest BCUT2D eigenvalue weighted by molar-refractivity contribution is 0.0147. The lowest BCUT2D eigenvalue weighted by atomic mass is 10.3. The van der Waals surface area contributed by atoms with Gasteiger partial charge in [0.2, 0.25) is 0 Å². The quantitative estimate of drug-likeness (QED) is 0.505. The number of hydrogen-bond donors (Lipinski definition) is 1. The van der Waals surface area contributed by atoms with Crippen LogP contribution in [0.25, 0.3) is 0 Å². The molecule has 0 saturated carbocycles. The summed E-state index contributed by atoms with van der Waals surface area (Å²) in [5, 5.41) is 5.49. The van der Waals surface area contributed by atoms with Crippen molar-refractivity contribution in [2.45, 2.75) is 26.2 Å². The van der Waals surface area contributed by atoms with Crippen molar-refractivity contribution in [3.63, 3.8) is 0 Å². The SMILES string of the molecule is CCCCOCCOCCOCCNCCc1cccs1. The van der Waals surface area contributed by atoms with Crippen LogP contribution in [-0.4, -0.2) is 52.7 Å². The van der Waals surface area contributed by atoms with Crippen LogP contribution in [0.4, 0.5) is 0 Å². The fourth-order valence-corrected chi connectivity index (χ4v) is 2.43. The van der Waals surface area contributed by atoms with E-state index in [4.69, 9.17) is 14.2 Å². The maximum absolute atomic E-state index is 5.49. The molecule has 0 aliphatic carbocycles. The zero-order valence-electron chi connectivity index (χ0n) is 13.1. The Bertz CT molecular complexity index is 306. The van der Waals surface area contributed by atoms with Crippen molar-refractivity contribution in [1.29, 1.82) is 0 Å². The highest BCUT2D eigenvalue weighted by molar-refractivity contribution is 7.09. The van der Waals surface area contributed by atoms with E-state index in [0.29, 0.717) is 26.4 Å². The minimum atomic E-state index is 0.645. The monoisotopic (exact) mass is 315 g/mol. The van der Waals surface area contributed by atoms with Crippen molar-refractivity contribution in [1.82, 2.24) is 5.32 Å². The summed E-state index contributed by atoms with van der Waals surface area (Å²) in [5.41, 5.74) is 0. The van der Waals surface area contributed by atoms with Crippen LogP contribution in [0.15, 0.2) is 17.5 Å². The first-order valence-corrected chi connectivity index (χ1v) is 8.77. The molecule has 1 N–H and O–H groups in total. The van der Waals surface area contributed by atoms with Crippen molar-refractivity contribution < 1.29 is 14.2 Å². The van der Waals surface area contributed by atoms with Gasteiger partial charge in [-0.05, 0) is 24.3 Å².